The summed E-state index contributed by atoms with van der Waals surface area (Å²) in [6.45, 7) is 3.96. The molecular formula is C24H31NO5S. The van der Waals surface area contributed by atoms with Gasteiger partial charge in [-0.15, -0.1) is 11.8 Å². The molecule has 31 heavy (non-hydrogen) atoms. The molecule has 5 N–H and O–H groups in total. The summed E-state index contributed by atoms with van der Waals surface area (Å²) in [6.07, 6.45) is -1.22. The van der Waals surface area contributed by atoms with Crippen LogP contribution in [0.3, 0.4) is 0 Å². The van der Waals surface area contributed by atoms with E-state index >= 15 is 0 Å². The lowest BCUT2D eigenvalue weighted by atomic mass is 9.90. The Morgan fingerprint density at radius 1 is 1.10 bits per heavy atom. The fraction of sp³-hybridized carbons (Fsp3) is 0.458. The zero-order valence-corrected chi connectivity index (χ0v) is 18.9. The van der Waals surface area contributed by atoms with E-state index in [1.165, 1.54) is 11.8 Å². The summed E-state index contributed by atoms with van der Waals surface area (Å²) >= 11 is 1.30. The first-order valence-electron chi connectivity index (χ1n) is 10.5. The molecule has 6 atom stereocenters. The fourth-order valence-corrected chi connectivity index (χ4v) is 4.74. The molecule has 6 nitrogen and oxygen atoms in total. The van der Waals surface area contributed by atoms with Gasteiger partial charge in [-0.1, -0.05) is 49.4 Å². The fourth-order valence-electron chi connectivity index (χ4n) is 4.07. The van der Waals surface area contributed by atoms with Gasteiger partial charge in [0.15, 0.2) is 0 Å². The van der Waals surface area contributed by atoms with E-state index in [2.05, 4.69) is 0 Å². The molecule has 0 radical (unpaired) electrons. The second-order valence-corrected chi connectivity index (χ2v) is 9.04. The highest BCUT2D eigenvalue weighted by Crippen LogP contribution is 2.36. The number of nitrogens with two attached hydrogens (primary N) is 1. The maximum Gasteiger partial charge on any atom is 0.224 e. The number of carbonyl (C=O) groups excluding carboxylic acids is 1. The van der Waals surface area contributed by atoms with Crippen molar-refractivity contribution < 1.29 is 24.9 Å². The largest absolute Gasteiger partial charge is 0.387 e. The van der Waals surface area contributed by atoms with Gasteiger partial charge in [0, 0.05) is 0 Å². The second kappa shape index (κ2) is 10.1. The number of amides is 1. The highest BCUT2D eigenvalue weighted by molar-refractivity contribution is 7.99. The Morgan fingerprint density at radius 3 is 2.35 bits per heavy atom. The molecule has 1 unspecified atom stereocenters. The zero-order valence-electron chi connectivity index (χ0n) is 18.1. The minimum Gasteiger partial charge on any atom is -0.387 e. The number of benzene rings is 2. The van der Waals surface area contributed by atoms with Crippen molar-refractivity contribution in [2.75, 3.05) is 6.26 Å². The van der Waals surface area contributed by atoms with Crippen molar-refractivity contribution in [3.63, 3.8) is 0 Å². The van der Waals surface area contributed by atoms with Gasteiger partial charge in [0.1, 0.15) is 29.9 Å². The standard InChI is InChI=1S/C24H31NO5S/c1-4-18(23(25)29)15-9-6-14(7-10-15)11-17-12-16(8-5-13(17)2)22-20(27)19(26)21(28)24(30-22)31-3/h5-10,12,18-22,24,26-28H,4,11H2,1-3H3,(H2,25,29)/t18?,19-,20-,21+,22+,24-/m1/s1. The van der Waals surface area contributed by atoms with Crippen LogP contribution in [0.2, 0.25) is 0 Å². The van der Waals surface area contributed by atoms with Crippen LogP contribution < -0.4 is 5.73 Å². The van der Waals surface area contributed by atoms with E-state index in [-0.39, 0.29) is 11.8 Å². The first-order chi connectivity index (χ1) is 14.8. The Kier molecular flexibility index (Phi) is 7.78. The molecule has 2 aromatic rings. The van der Waals surface area contributed by atoms with Crippen molar-refractivity contribution in [2.24, 2.45) is 5.73 Å². The lowest BCUT2D eigenvalue weighted by Gasteiger charge is -2.40. The summed E-state index contributed by atoms with van der Waals surface area (Å²) in [7, 11) is 0. The van der Waals surface area contributed by atoms with Crippen molar-refractivity contribution in [2.45, 2.75) is 62.5 Å². The number of carbonyl (C=O) groups is 1. The third-order valence-corrected chi connectivity index (χ3v) is 6.89. The second-order valence-electron chi connectivity index (χ2n) is 8.10. The van der Waals surface area contributed by atoms with E-state index in [1.54, 1.807) is 6.26 Å². The molecule has 1 saturated heterocycles. The molecule has 1 heterocycles. The summed E-state index contributed by atoms with van der Waals surface area (Å²) in [5.41, 5.74) is 9.81. The first kappa shape index (κ1) is 23.8. The Morgan fingerprint density at radius 2 is 1.77 bits per heavy atom. The molecular weight excluding hydrogens is 414 g/mol. The Labute approximate surface area is 187 Å². The van der Waals surface area contributed by atoms with Gasteiger partial charge in [0.2, 0.25) is 5.91 Å². The molecule has 0 bridgehead atoms. The Bertz CT molecular complexity index is 901. The minimum atomic E-state index is -1.27. The maximum atomic E-state index is 11.6. The molecule has 3 rings (SSSR count). The molecule has 0 saturated carbocycles. The predicted molar refractivity (Wildman–Crippen MR) is 122 cm³/mol. The molecule has 0 spiro atoms. The molecule has 1 aliphatic rings. The van der Waals surface area contributed by atoms with Crippen molar-refractivity contribution in [3.8, 4) is 0 Å². The average molecular weight is 446 g/mol. The van der Waals surface area contributed by atoms with Crippen LogP contribution in [0.25, 0.3) is 0 Å². The van der Waals surface area contributed by atoms with Gasteiger partial charge in [-0.3, -0.25) is 4.79 Å². The molecule has 1 amide bonds. The monoisotopic (exact) mass is 445 g/mol. The maximum absolute atomic E-state index is 11.6. The molecule has 7 heteroatoms. The van der Waals surface area contributed by atoms with E-state index in [1.807, 2.05) is 56.3 Å². The number of aliphatic hydroxyl groups excluding tert-OH is 3. The summed E-state index contributed by atoms with van der Waals surface area (Å²) in [6, 6.07) is 13.7. The number of thioether (sulfide) groups is 1. The van der Waals surface area contributed by atoms with E-state index in [9.17, 15) is 20.1 Å². The van der Waals surface area contributed by atoms with Crippen LogP contribution in [0, 0.1) is 6.92 Å². The van der Waals surface area contributed by atoms with Crippen LogP contribution in [0.15, 0.2) is 42.5 Å². The lowest BCUT2D eigenvalue weighted by molar-refractivity contribution is -0.200. The zero-order chi connectivity index (χ0) is 22.7. The number of aryl methyl sites for hydroxylation is 1. The number of rotatable bonds is 7. The van der Waals surface area contributed by atoms with Crippen LogP contribution in [0.4, 0.5) is 0 Å². The van der Waals surface area contributed by atoms with Crippen LogP contribution in [0.5, 0.6) is 0 Å². The van der Waals surface area contributed by atoms with Crippen LogP contribution in [-0.4, -0.2) is 51.2 Å². The van der Waals surface area contributed by atoms with Gasteiger partial charge < -0.3 is 25.8 Å². The van der Waals surface area contributed by atoms with E-state index < -0.39 is 29.9 Å². The molecule has 1 aliphatic heterocycles. The number of ether oxygens (including phenoxy) is 1. The SMILES string of the molecule is CCC(C(N)=O)c1ccc(Cc2cc([C@@H]3O[C@H](SC)[C@@H](O)[C@H](O)[C@H]3O)ccc2C)cc1. The van der Waals surface area contributed by atoms with E-state index in [0.717, 1.165) is 27.8 Å². The smallest absolute Gasteiger partial charge is 0.224 e. The molecule has 2 aromatic carbocycles. The van der Waals surface area contributed by atoms with Crippen LogP contribution in [0.1, 0.15) is 53.2 Å². The van der Waals surface area contributed by atoms with Gasteiger partial charge in [0.25, 0.3) is 0 Å². The molecule has 0 aliphatic carbocycles. The average Bonchev–Trinajstić information content (AvgIpc) is 2.75. The Balaban J connectivity index is 1.82. The summed E-state index contributed by atoms with van der Waals surface area (Å²) in [5.74, 6) is -0.601. The van der Waals surface area contributed by atoms with E-state index in [0.29, 0.717) is 12.8 Å². The topological polar surface area (TPSA) is 113 Å². The first-order valence-corrected chi connectivity index (χ1v) is 11.8. The van der Waals surface area contributed by atoms with Gasteiger partial charge in [-0.2, -0.15) is 0 Å². The number of aliphatic hydroxyl groups is 3. The van der Waals surface area contributed by atoms with Gasteiger partial charge in [0.05, 0.1) is 5.92 Å². The number of hydrogen-bond acceptors (Lipinski definition) is 6. The third-order valence-electron chi connectivity index (χ3n) is 6.03. The van der Waals surface area contributed by atoms with Crippen LogP contribution in [-0.2, 0) is 16.0 Å². The van der Waals surface area contributed by atoms with Gasteiger partial charge in [-0.05, 0) is 53.8 Å². The van der Waals surface area contributed by atoms with Gasteiger partial charge >= 0.3 is 0 Å². The molecule has 1 fully saturated rings. The third kappa shape index (κ3) is 5.13. The highest BCUT2D eigenvalue weighted by atomic mass is 32.2. The normalized spacial score (nSPS) is 27.1. The highest BCUT2D eigenvalue weighted by Gasteiger charge is 2.44. The summed E-state index contributed by atoms with van der Waals surface area (Å²) in [5, 5.41) is 30.8. The quantitative estimate of drug-likeness (QED) is 0.521. The number of hydrogen-bond donors (Lipinski definition) is 4. The minimum absolute atomic E-state index is 0.282. The summed E-state index contributed by atoms with van der Waals surface area (Å²) in [4.78, 5) is 11.6. The van der Waals surface area contributed by atoms with Crippen molar-refractivity contribution in [1.82, 2.24) is 0 Å². The molecule has 168 valence electrons. The van der Waals surface area contributed by atoms with Crippen LogP contribution >= 0.6 is 11.8 Å². The number of primary amides is 1. The van der Waals surface area contributed by atoms with Gasteiger partial charge in [-0.25, -0.2) is 0 Å². The lowest BCUT2D eigenvalue weighted by Crippen LogP contribution is -2.52. The summed E-state index contributed by atoms with van der Waals surface area (Å²) < 4.78 is 5.90. The van der Waals surface area contributed by atoms with Crippen molar-refractivity contribution in [1.29, 1.82) is 0 Å². The van der Waals surface area contributed by atoms with Crippen molar-refractivity contribution >= 4 is 17.7 Å². The molecule has 0 aromatic heterocycles. The van der Waals surface area contributed by atoms with Crippen molar-refractivity contribution in [3.05, 3.63) is 70.3 Å². The predicted octanol–water partition coefficient (Wildman–Crippen LogP) is 2.41. The Hall–Kier alpha value is -1.90. The van der Waals surface area contributed by atoms with E-state index in [4.69, 9.17) is 10.5 Å².